The van der Waals surface area contributed by atoms with Crippen LogP contribution in [0.25, 0.3) is 0 Å². The fourth-order valence-corrected chi connectivity index (χ4v) is 4.45. The predicted octanol–water partition coefficient (Wildman–Crippen LogP) is 7.10. The summed E-state index contributed by atoms with van der Waals surface area (Å²) in [6.45, 7) is -0.925. The third-order valence-corrected chi connectivity index (χ3v) is 6.18. The molecule has 4 rings (SSSR count). The van der Waals surface area contributed by atoms with Crippen molar-refractivity contribution >= 4 is 11.4 Å². The molecule has 0 aromatic heterocycles. The first-order valence-corrected chi connectivity index (χ1v) is 11.5. The molecule has 2 atom stereocenters. The molecule has 2 unspecified atom stereocenters. The van der Waals surface area contributed by atoms with Gasteiger partial charge in [0.25, 0.3) is 0 Å². The molecule has 1 N–H and O–H groups in total. The number of β-amino-alcohol motifs (C(OH)–C–C–N with tert-alkyl or cyclic N) is 1. The van der Waals surface area contributed by atoms with Crippen LogP contribution in [0.3, 0.4) is 0 Å². The number of aliphatic hydroxyl groups excluding tert-OH is 1. The zero-order chi connectivity index (χ0) is 28.6. The highest BCUT2D eigenvalue weighted by Gasteiger charge is 2.42. The topological polar surface area (TPSA) is 35.9 Å². The van der Waals surface area contributed by atoms with E-state index in [1.807, 2.05) is 0 Å². The average molecular weight is 564 g/mol. The van der Waals surface area contributed by atoms with Gasteiger partial charge < -0.3 is 19.6 Å². The van der Waals surface area contributed by atoms with Crippen LogP contribution in [0.4, 0.5) is 50.9 Å². The fraction of sp³-hybridized carbons (Fsp3) is 0.308. The van der Waals surface area contributed by atoms with Crippen molar-refractivity contribution in [1.29, 1.82) is 0 Å². The highest BCUT2D eigenvalue weighted by molar-refractivity contribution is 5.75. The summed E-state index contributed by atoms with van der Waals surface area (Å²) in [7, 11) is 0. The van der Waals surface area contributed by atoms with Crippen molar-refractivity contribution in [3.8, 4) is 5.75 Å². The molecule has 0 amide bonds. The summed E-state index contributed by atoms with van der Waals surface area (Å²) < 4.78 is 121. The van der Waals surface area contributed by atoms with Crippen LogP contribution in [0, 0.1) is 0 Å². The molecule has 13 heteroatoms. The fourth-order valence-electron chi connectivity index (χ4n) is 4.45. The standard InChI is InChI=1S/C26H21F9N2O2/c27-24(28,29)18-10-8-17(9-11-18)22-14-36(13-16-4-3-5-19(12-16)39-26(33,34)35)20-6-1-2-7-21(20)37(22)15-23(38)25(30,31)32/h1-12,22-23,38H,13-15H2. The number of ether oxygens (including phenoxy) is 1. The number of alkyl halides is 9. The van der Waals surface area contributed by atoms with Crippen LogP contribution in [-0.4, -0.2) is 36.8 Å². The molecule has 0 aliphatic carbocycles. The lowest BCUT2D eigenvalue weighted by Gasteiger charge is -2.45. The van der Waals surface area contributed by atoms with Gasteiger partial charge in [-0.05, 0) is 47.5 Å². The van der Waals surface area contributed by atoms with Crippen molar-refractivity contribution in [3.05, 3.63) is 89.5 Å². The lowest BCUT2D eigenvalue weighted by Crippen LogP contribution is -2.49. The third-order valence-electron chi connectivity index (χ3n) is 6.18. The number of benzene rings is 3. The lowest BCUT2D eigenvalue weighted by atomic mass is 9.97. The molecule has 0 radical (unpaired) electrons. The lowest BCUT2D eigenvalue weighted by molar-refractivity contribution is -0.274. The first-order chi connectivity index (χ1) is 18.1. The highest BCUT2D eigenvalue weighted by Crippen LogP contribution is 2.43. The van der Waals surface area contributed by atoms with Crippen LogP contribution in [-0.2, 0) is 12.7 Å². The Kier molecular flexibility index (Phi) is 7.66. The van der Waals surface area contributed by atoms with Crippen LogP contribution in [0.5, 0.6) is 5.75 Å². The van der Waals surface area contributed by atoms with E-state index >= 15 is 0 Å². The Hall–Kier alpha value is -3.61. The summed E-state index contributed by atoms with van der Waals surface area (Å²) in [4.78, 5) is 2.97. The minimum atomic E-state index is -4.95. The average Bonchev–Trinajstić information content (AvgIpc) is 2.83. The largest absolute Gasteiger partial charge is 0.573 e. The molecule has 1 aliphatic rings. The van der Waals surface area contributed by atoms with Gasteiger partial charge in [0.05, 0.1) is 29.5 Å². The Morgan fingerprint density at radius 1 is 0.821 bits per heavy atom. The number of rotatable bonds is 6. The van der Waals surface area contributed by atoms with Crippen LogP contribution in [0.1, 0.15) is 22.7 Å². The minimum absolute atomic E-state index is 0.0128. The molecule has 0 bridgehead atoms. The van der Waals surface area contributed by atoms with E-state index in [9.17, 15) is 44.6 Å². The van der Waals surface area contributed by atoms with Crippen molar-refractivity contribution in [3.63, 3.8) is 0 Å². The number of aliphatic hydroxyl groups is 1. The number of halogens is 9. The summed E-state index contributed by atoms with van der Waals surface area (Å²) in [6, 6.07) is 14.5. The minimum Gasteiger partial charge on any atom is -0.406 e. The van der Waals surface area contributed by atoms with Gasteiger partial charge in [-0.3, -0.25) is 0 Å². The molecule has 0 saturated carbocycles. The maximum atomic E-state index is 13.3. The maximum absolute atomic E-state index is 13.3. The summed E-state index contributed by atoms with van der Waals surface area (Å²) in [5.74, 6) is -0.459. The van der Waals surface area contributed by atoms with Crippen LogP contribution < -0.4 is 14.5 Å². The molecule has 39 heavy (non-hydrogen) atoms. The second-order valence-corrected chi connectivity index (χ2v) is 8.91. The van der Waals surface area contributed by atoms with Gasteiger partial charge in [-0.15, -0.1) is 13.2 Å². The van der Waals surface area contributed by atoms with E-state index in [2.05, 4.69) is 4.74 Å². The molecule has 0 saturated heterocycles. The molecule has 1 aliphatic heterocycles. The molecule has 210 valence electrons. The molecule has 0 spiro atoms. The van der Waals surface area contributed by atoms with Gasteiger partial charge in [-0.25, -0.2) is 0 Å². The van der Waals surface area contributed by atoms with E-state index in [-0.39, 0.29) is 24.3 Å². The summed E-state index contributed by atoms with van der Waals surface area (Å²) in [5.41, 5.74) is 0.395. The zero-order valence-corrected chi connectivity index (χ0v) is 19.9. The monoisotopic (exact) mass is 564 g/mol. The summed E-state index contributed by atoms with van der Waals surface area (Å²) >= 11 is 0. The van der Waals surface area contributed by atoms with E-state index in [1.54, 1.807) is 29.2 Å². The Labute approximate surface area is 216 Å². The normalized spacial score (nSPS) is 17.1. The van der Waals surface area contributed by atoms with Crippen molar-refractivity contribution in [1.82, 2.24) is 0 Å². The van der Waals surface area contributed by atoms with Gasteiger partial charge in [0, 0.05) is 13.1 Å². The van der Waals surface area contributed by atoms with Crippen LogP contribution in [0.2, 0.25) is 0 Å². The molecular weight excluding hydrogens is 543 g/mol. The van der Waals surface area contributed by atoms with Crippen molar-refractivity contribution < 1.29 is 49.4 Å². The molecule has 4 nitrogen and oxygen atoms in total. The summed E-state index contributed by atoms with van der Waals surface area (Å²) in [5, 5.41) is 9.87. The van der Waals surface area contributed by atoms with Crippen molar-refractivity contribution in [2.75, 3.05) is 22.9 Å². The quantitative estimate of drug-likeness (QED) is 0.324. The molecule has 3 aromatic rings. The molecule has 0 fully saturated rings. The maximum Gasteiger partial charge on any atom is 0.573 e. The smallest absolute Gasteiger partial charge is 0.406 e. The Morgan fingerprint density at radius 2 is 1.46 bits per heavy atom. The van der Waals surface area contributed by atoms with Gasteiger partial charge in [0.1, 0.15) is 5.75 Å². The Balaban J connectivity index is 1.73. The first-order valence-electron chi connectivity index (χ1n) is 11.5. The van der Waals surface area contributed by atoms with Crippen LogP contribution in [0.15, 0.2) is 72.8 Å². The van der Waals surface area contributed by atoms with Gasteiger partial charge in [-0.1, -0.05) is 36.4 Å². The Morgan fingerprint density at radius 3 is 2.05 bits per heavy atom. The number of hydrogen-bond donors (Lipinski definition) is 1. The highest BCUT2D eigenvalue weighted by atomic mass is 19.4. The van der Waals surface area contributed by atoms with Gasteiger partial charge >= 0.3 is 18.7 Å². The third kappa shape index (κ3) is 6.88. The second kappa shape index (κ2) is 10.5. The molecule has 3 aromatic carbocycles. The number of anilines is 2. The van der Waals surface area contributed by atoms with E-state index in [0.29, 0.717) is 11.3 Å². The number of hydrogen-bond acceptors (Lipinski definition) is 4. The molecular formula is C26H21F9N2O2. The van der Waals surface area contributed by atoms with Gasteiger partial charge in [-0.2, -0.15) is 26.3 Å². The first kappa shape index (κ1) is 28.4. The SMILES string of the molecule is OC(CN1c2ccccc2N(Cc2cccc(OC(F)(F)F)c2)CC1c1ccc(C(F)(F)F)cc1)C(F)(F)F. The van der Waals surface area contributed by atoms with E-state index in [4.69, 9.17) is 0 Å². The summed E-state index contributed by atoms with van der Waals surface area (Å²) in [6.07, 6.45) is -17.2. The van der Waals surface area contributed by atoms with Crippen molar-refractivity contribution in [2.45, 2.75) is 37.4 Å². The Bertz CT molecular complexity index is 1270. The zero-order valence-electron chi connectivity index (χ0n) is 19.9. The second-order valence-electron chi connectivity index (χ2n) is 8.91. The number of nitrogens with zero attached hydrogens (tertiary/aromatic N) is 2. The van der Waals surface area contributed by atoms with Crippen molar-refractivity contribution in [2.24, 2.45) is 0 Å². The van der Waals surface area contributed by atoms with Gasteiger partial charge in [0.2, 0.25) is 0 Å². The van der Waals surface area contributed by atoms with E-state index < -0.39 is 48.7 Å². The molecule has 1 heterocycles. The van der Waals surface area contributed by atoms with E-state index in [1.165, 1.54) is 23.1 Å². The predicted molar refractivity (Wildman–Crippen MR) is 124 cm³/mol. The number of fused-ring (bicyclic) bond motifs is 1. The van der Waals surface area contributed by atoms with Crippen LogP contribution >= 0.6 is 0 Å². The number of para-hydroxylation sites is 2. The van der Waals surface area contributed by atoms with E-state index in [0.717, 1.165) is 30.3 Å². The van der Waals surface area contributed by atoms with Gasteiger partial charge in [0.15, 0.2) is 6.10 Å².